The first-order valence-corrected chi connectivity index (χ1v) is 7.76. The van der Waals surface area contributed by atoms with Crippen LogP contribution in [0.15, 0.2) is 24.3 Å². The number of amides is 2. The molecule has 1 aliphatic heterocycles. The monoisotopic (exact) mass is 336 g/mol. The predicted molar refractivity (Wildman–Crippen MR) is 83.3 cm³/mol. The van der Waals surface area contributed by atoms with E-state index in [4.69, 9.17) is 16.3 Å². The van der Waals surface area contributed by atoms with E-state index in [-0.39, 0.29) is 12.1 Å². The molecule has 3 rings (SSSR count). The fourth-order valence-electron chi connectivity index (χ4n) is 2.25. The average Bonchev–Trinajstić information content (AvgIpc) is 3.00. The lowest BCUT2D eigenvalue weighted by Crippen LogP contribution is -2.58. The summed E-state index contributed by atoms with van der Waals surface area (Å²) in [6.07, 6.45) is 1.46. The Morgan fingerprint density at radius 3 is 3.09 bits per heavy atom. The molecule has 1 saturated heterocycles. The first-order valence-electron chi connectivity index (χ1n) is 7.38. The van der Waals surface area contributed by atoms with Gasteiger partial charge in [-0.25, -0.2) is 4.79 Å². The Hall–Kier alpha value is -2.35. The van der Waals surface area contributed by atoms with Crippen molar-refractivity contribution < 1.29 is 9.53 Å². The molecule has 2 N–H and O–H groups in total. The number of hydrogen-bond acceptors (Lipinski definition) is 5. The smallest absolute Gasteiger partial charge is 0.317 e. The van der Waals surface area contributed by atoms with E-state index in [2.05, 4.69) is 25.9 Å². The van der Waals surface area contributed by atoms with Crippen molar-refractivity contribution in [2.45, 2.75) is 18.9 Å². The number of carbonyl (C=O) groups is 1. The number of tetrazole rings is 1. The zero-order valence-corrected chi connectivity index (χ0v) is 13.2. The van der Waals surface area contributed by atoms with E-state index < -0.39 is 0 Å². The maximum absolute atomic E-state index is 11.9. The summed E-state index contributed by atoms with van der Waals surface area (Å²) in [5.41, 5.74) is 0. The largest absolute Gasteiger partial charge is 0.487 e. The Kier molecular flexibility index (Phi) is 4.92. The van der Waals surface area contributed by atoms with Gasteiger partial charge < -0.3 is 15.0 Å². The van der Waals surface area contributed by atoms with Gasteiger partial charge in [-0.05, 0) is 24.6 Å². The SMILES string of the molecule is O=C(NCCCc1nn[nH]n1)N1CC(Oc2cccc(Cl)c2)C1. The van der Waals surface area contributed by atoms with Crippen LogP contribution >= 0.6 is 11.6 Å². The maximum Gasteiger partial charge on any atom is 0.317 e. The zero-order chi connectivity index (χ0) is 16.1. The van der Waals surface area contributed by atoms with Gasteiger partial charge in [0.1, 0.15) is 11.9 Å². The number of aromatic nitrogens is 4. The number of H-pyrrole nitrogens is 1. The molecular formula is C14H17ClN6O2. The summed E-state index contributed by atoms with van der Waals surface area (Å²) in [6, 6.07) is 7.17. The summed E-state index contributed by atoms with van der Waals surface area (Å²) in [6.45, 7) is 1.72. The fourth-order valence-corrected chi connectivity index (χ4v) is 2.43. The molecule has 9 heteroatoms. The minimum Gasteiger partial charge on any atom is -0.487 e. The van der Waals surface area contributed by atoms with Crippen molar-refractivity contribution in [3.63, 3.8) is 0 Å². The molecule has 0 bridgehead atoms. The zero-order valence-electron chi connectivity index (χ0n) is 12.4. The minimum atomic E-state index is -0.0796. The van der Waals surface area contributed by atoms with Crippen LogP contribution in [0, 0.1) is 0 Å². The molecule has 1 aromatic carbocycles. The highest BCUT2D eigenvalue weighted by molar-refractivity contribution is 6.30. The number of hydrogen-bond donors (Lipinski definition) is 2. The summed E-state index contributed by atoms with van der Waals surface area (Å²) >= 11 is 5.91. The molecule has 0 saturated carbocycles. The van der Waals surface area contributed by atoms with E-state index in [1.54, 1.807) is 17.0 Å². The van der Waals surface area contributed by atoms with E-state index in [1.165, 1.54) is 0 Å². The molecule has 2 heterocycles. The minimum absolute atomic E-state index is 0.0125. The molecule has 1 fully saturated rings. The Morgan fingerprint density at radius 2 is 2.35 bits per heavy atom. The molecule has 1 aromatic heterocycles. The summed E-state index contributed by atoms with van der Waals surface area (Å²) in [7, 11) is 0. The lowest BCUT2D eigenvalue weighted by Gasteiger charge is -2.38. The highest BCUT2D eigenvalue weighted by Crippen LogP contribution is 2.21. The van der Waals surface area contributed by atoms with Crippen molar-refractivity contribution in [2.75, 3.05) is 19.6 Å². The molecule has 0 radical (unpaired) electrons. The van der Waals surface area contributed by atoms with Gasteiger partial charge in [-0.1, -0.05) is 22.9 Å². The van der Waals surface area contributed by atoms with Gasteiger partial charge in [0.2, 0.25) is 0 Å². The second-order valence-corrected chi connectivity index (χ2v) is 5.70. The van der Waals surface area contributed by atoms with E-state index >= 15 is 0 Å². The van der Waals surface area contributed by atoms with Crippen LogP contribution in [0.2, 0.25) is 5.02 Å². The van der Waals surface area contributed by atoms with Crippen LogP contribution in [-0.2, 0) is 6.42 Å². The molecule has 2 amide bonds. The predicted octanol–water partition coefficient (Wildman–Crippen LogP) is 1.26. The van der Waals surface area contributed by atoms with Gasteiger partial charge in [0, 0.05) is 18.0 Å². The lowest BCUT2D eigenvalue weighted by atomic mass is 10.2. The van der Waals surface area contributed by atoms with Crippen LogP contribution < -0.4 is 10.1 Å². The molecule has 0 atom stereocenters. The molecule has 0 unspecified atom stereocenters. The Balaban J connectivity index is 1.32. The van der Waals surface area contributed by atoms with Crippen molar-refractivity contribution >= 4 is 17.6 Å². The Labute approximate surface area is 138 Å². The molecule has 8 nitrogen and oxygen atoms in total. The van der Waals surface area contributed by atoms with E-state index in [9.17, 15) is 4.79 Å². The van der Waals surface area contributed by atoms with Crippen molar-refractivity contribution in [3.05, 3.63) is 35.1 Å². The van der Waals surface area contributed by atoms with Crippen LogP contribution in [0.1, 0.15) is 12.2 Å². The number of ether oxygens (including phenoxy) is 1. The van der Waals surface area contributed by atoms with Crippen LogP contribution in [0.3, 0.4) is 0 Å². The van der Waals surface area contributed by atoms with Gasteiger partial charge in [0.15, 0.2) is 5.82 Å². The van der Waals surface area contributed by atoms with E-state index in [0.717, 1.165) is 12.2 Å². The van der Waals surface area contributed by atoms with Crippen molar-refractivity contribution in [1.82, 2.24) is 30.8 Å². The molecule has 23 heavy (non-hydrogen) atoms. The molecular weight excluding hydrogens is 320 g/mol. The number of halogens is 1. The Morgan fingerprint density at radius 1 is 1.48 bits per heavy atom. The third kappa shape index (κ3) is 4.32. The summed E-state index contributed by atoms with van der Waals surface area (Å²) < 4.78 is 5.75. The van der Waals surface area contributed by atoms with E-state index in [1.807, 2.05) is 12.1 Å². The normalized spacial score (nSPS) is 14.4. The number of aromatic amines is 1. The molecule has 122 valence electrons. The number of benzene rings is 1. The van der Waals surface area contributed by atoms with Crippen molar-refractivity contribution in [3.8, 4) is 5.75 Å². The highest BCUT2D eigenvalue weighted by Gasteiger charge is 2.32. The summed E-state index contributed by atoms with van der Waals surface area (Å²) in [4.78, 5) is 13.6. The number of nitrogens with one attached hydrogen (secondary N) is 2. The second kappa shape index (κ2) is 7.28. The van der Waals surface area contributed by atoms with Crippen LogP contribution in [0.5, 0.6) is 5.75 Å². The number of carbonyl (C=O) groups excluding carboxylic acids is 1. The lowest BCUT2D eigenvalue weighted by molar-refractivity contribution is 0.0445. The van der Waals surface area contributed by atoms with E-state index in [0.29, 0.717) is 36.9 Å². The van der Waals surface area contributed by atoms with Gasteiger partial charge in [-0.2, -0.15) is 5.21 Å². The average molecular weight is 337 g/mol. The number of likely N-dealkylation sites (tertiary alicyclic amines) is 1. The second-order valence-electron chi connectivity index (χ2n) is 5.27. The maximum atomic E-state index is 11.9. The van der Waals surface area contributed by atoms with Crippen molar-refractivity contribution in [1.29, 1.82) is 0 Å². The van der Waals surface area contributed by atoms with Gasteiger partial charge in [-0.15, -0.1) is 10.2 Å². The third-order valence-corrected chi connectivity index (χ3v) is 3.71. The van der Waals surface area contributed by atoms with Gasteiger partial charge in [0.25, 0.3) is 0 Å². The van der Waals surface area contributed by atoms with Crippen LogP contribution in [0.25, 0.3) is 0 Å². The summed E-state index contributed by atoms with van der Waals surface area (Å²) in [5.74, 6) is 1.38. The number of urea groups is 1. The quantitative estimate of drug-likeness (QED) is 0.774. The van der Waals surface area contributed by atoms with Gasteiger partial charge >= 0.3 is 6.03 Å². The summed E-state index contributed by atoms with van der Waals surface area (Å²) in [5, 5.41) is 17.1. The molecule has 2 aromatic rings. The number of nitrogens with zero attached hydrogens (tertiary/aromatic N) is 4. The third-order valence-electron chi connectivity index (χ3n) is 3.48. The Bertz CT molecular complexity index is 644. The topological polar surface area (TPSA) is 96.0 Å². The molecule has 0 aliphatic carbocycles. The standard InChI is InChI=1S/C14H17ClN6O2/c15-10-3-1-4-11(7-10)23-12-8-21(9-12)14(22)16-6-2-5-13-17-19-20-18-13/h1,3-4,7,12H,2,5-6,8-9H2,(H,16,22)(H,17,18,19,20). The molecule has 0 spiro atoms. The highest BCUT2D eigenvalue weighted by atomic mass is 35.5. The number of rotatable bonds is 6. The van der Waals surface area contributed by atoms with Crippen LogP contribution in [0.4, 0.5) is 4.79 Å². The first-order chi connectivity index (χ1) is 11.2. The fraction of sp³-hybridized carbons (Fsp3) is 0.429. The van der Waals surface area contributed by atoms with Crippen molar-refractivity contribution in [2.24, 2.45) is 0 Å². The first kappa shape index (κ1) is 15.5. The van der Waals surface area contributed by atoms with Crippen LogP contribution in [-0.4, -0.2) is 57.3 Å². The number of aryl methyl sites for hydroxylation is 1. The van der Waals surface area contributed by atoms with Gasteiger partial charge in [-0.3, -0.25) is 0 Å². The molecule has 1 aliphatic rings. The van der Waals surface area contributed by atoms with Gasteiger partial charge in [0.05, 0.1) is 13.1 Å².